The van der Waals surface area contributed by atoms with Gasteiger partial charge in [-0.1, -0.05) is 12.2 Å². The van der Waals surface area contributed by atoms with Crippen LogP contribution in [-0.2, 0) is 0 Å². The number of rotatable bonds is 4. The topological polar surface area (TPSA) is 32.5 Å². The van der Waals surface area contributed by atoms with Crippen LogP contribution >= 0.6 is 0 Å². The van der Waals surface area contributed by atoms with E-state index in [1.54, 1.807) is 0 Å². The summed E-state index contributed by atoms with van der Waals surface area (Å²) in [6.45, 7) is 11.0. The third-order valence-corrected chi connectivity index (χ3v) is 2.80. The first kappa shape index (κ1) is 11.7. The lowest BCUT2D eigenvalue weighted by molar-refractivity contribution is 0.116. The molecule has 1 aliphatic rings. The Morgan fingerprint density at radius 1 is 1.14 bits per heavy atom. The smallest absolute Gasteiger partial charge is 0.0164 e. The minimum Gasteiger partial charge on any atom is -0.327 e. The van der Waals surface area contributed by atoms with Gasteiger partial charge in [0.05, 0.1) is 0 Å². The summed E-state index contributed by atoms with van der Waals surface area (Å²) in [4.78, 5) is 5.01. The second kappa shape index (κ2) is 6.17. The van der Waals surface area contributed by atoms with E-state index in [4.69, 9.17) is 5.73 Å². The molecule has 0 unspecified atom stereocenters. The maximum atomic E-state index is 5.39. The molecule has 3 heteroatoms. The Balaban J connectivity index is 2.19. The Kier molecular flexibility index (Phi) is 5.15. The molecule has 0 saturated carbocycles. The van der Waals surface area contributed by atoms with Crippen molar-refractivity contribution in [3.05, 3.63) is 12.2 Å². The first-order valence-electron chi connectivity index (χ1n) is 5.55. The molecule has 0 radical (unpaired) electrons. The van der Waals surface area contributed by atoms with E-state index >= 15 is 0 Å². The average molecular weight is 197 g/mol. The fourth-order valence-corrected chi connectivity index (χ4v) is 1.78. The highest BCUT2D eigenvalue weighted by molar-refractivity contribution is 4.87. The van der Waals surface area contributed by atoms with E-state index in [1.807, 2.05) is 6.08 Å². The summed E-state index contributed by atoms with van der Waals surface area (Å²) in [5.41, 5.74) is 5.39. The maximum absolute atomic E-state index is 5.39. The van der Waals surface area contributed by atoms with Gasteiger partial charge in [0, 0.05) is 45.3 Å². The molecule has 1 saturated heterocycles. The fourth-order valence-electron chi connectivity index (χ4n) is 1.78. The molecule has 1 heterocycles. The van der Waals surface area contributed by atoms with E-state index in [0.29, 0.717) is 12.6 Å². The highest BCUT2D eigenvalue weighted by Crippen LogP contribution is 2.05. The molecule has 1 aliphatic heterocycles. The van der Waals surface area contributed by atoms with Gasteiger partial charge in [0.15, 0.2) is 0 Å². The SMILES string of the molecule is CC(C)N1CCN(CC=CCN)CC1. The first-order chi connectivity index (χ1) is 6.74. The number of hydrogen-bond acceptors (Lipinski definition) is 3. The van der Waals surface area contributed by atoms with Crippen LogP contribution in [0.25, 0.3) is 0 Å². The zero-order valence-electron chi connectivity index (χ0n) is 9.45. The molecule has 3 nitrogen and oxygen atoms in total. The quantitative estimate of drug-likeness (QED) is 0.667. The van der Waals surface area contributed by atoms with Crippen LogP contribution in [0.1, 0.15) is 13.8 Å². The predicted octanol–water partition coefficient (Wildman–Crippen LogP) is 0.527. The average Bonchev–Trinajstić information content (AvgIpc) is 2.19. The van der Waals surface area contributed by atoms with Crippen molar-refractivity contribution in [3.8, 4) is 0 Å². The van der Waals surface area contributed by atoms with Crippen LogP contribution in [0, 0.1) is 0 Å². The van der Waals surface area contributed by atoms with Gasteiger partial charge in [-0.05, 0) is 13.8 Å². The molecule has 82 valence electrons. The zero-order valence-corrected chi connectivity index (χ0v) is 9.45. The number of nitrogens with zero attached hydrogens (tertiary/aromatic N) is 2. The summed E-state index contributed by atoms with van der Waals surface area (Å²) >= 11 is 0. The van der Waals surface area contributed by atoms with Gasteiger partial charge < -0.3 is 5.73 Å². The van der Waals surface area contributed by atoms with Crippen LogP contribution in [0.2, 0.25) is 0 Å². The highest BCUT2D eigenvalue weighted by Gasteiger charge is 2.17. The van der Waals surface area contributed by atoms with E-state index in [0.717, 1.165) is 6.54 Å². The van der Waals surface area contributed by atoms with E-state index in [9.17, 15) is 0 Å². The van der Waals surface area contributed by atoms with Gasteiger partial charge in [-0.3, -0.25) is 9.80 Å². The molecule has 0 atom stereocenters. The van der Waals surface area contributed by atoms with Crippen molar-refractivity contribution >= 4 is 0 Å². The third-order valence-electron chi connectivity index (χ3n) is 2.80. The molecule has 0 spiro atoms. The monoisotopic (exact) mass is 197 g/mol. The Morgan fingerprint density at radius 2 is 1.79 bits per heavy atom. The molecular weight excluding hydrogens is 174 g/mol. The van der Waals surface area contributed by atoms with Crippen LogP contribution in [0.15, 0.2) is 12.2 Å². The molecular formula is C11H23N3. The van der Waals surface area contributed by atoms with Gasteiger partial charge in [-0.25, -0.2) is 0 Å². The maximum Gasteiger partial charge on any atom is 0.0164 e. The van der Waals surface area contributed by atoms with Crippen LogP contribution < -0.4 is 5.73 Å². The lowest BCUT2D eigenvalue weighted by Gasteiger charge is -2.36. The summed E-state index contributed by atoms with van der Waals surface area (Å²) in [7, 11) is 0. The summed E-state index contributed by atoms with van der Waals surface area (Å²) in [6.07, 6.45) is 4.21. The second-order valence-electron chi connectivity index (χ2n) is 4.14. The molecule has 14 heavy (non-hydrogen) atoms. The van der Waals surface area contributed by atoms with Crippen molar-refractivity contribution < 1.29 is 0 Å². The second-order valence-corrected chi connectivity index (χ2v) is 4.14. The number of hydrogen-bond donors (Lipinski definition) is 1. The summed E-state index contributed by atoms with van der Waals surface area (Å²) < 4.78 is 0. The predicted molar refractivity (Wildman–Crippen MR) is 61.3 cm³/mol. The standard InChI is InChI=1S/C11H23N3/c1-11(2)14-9-7-13(8-10-14)6-4-3-5-12/h3-4,11H,5-10,12H2,1-2H3. The van der Waals surface area contributed by atoms with Crippen molar-refractivity contribution in [2.45, 2.75) is 19.9 Å². The number of nitrogens with two attached hydrogens (primary N) is 1. The van der Waals surface area contributed by atoms with Crippen LogP contribution in [-0.4, -0.2) is 55.1 Å². The van der Waals surface area contributed by atoms with Crippen molar-refractivity contribution in [3.63, 3.8) is 0 Å². The number of piperazine rings is 1. The lowest BCUT2D eigenvalue weighted by Crippen LogP contribution is -2.48. The van der Waals surface area contributed by atoms with Crippen LogP contribution in [0.5, 0.6) is 0 Å². The molecule has 1 fully saturated rings. The van der Waals surface area contributed by atoms with Crippen LogP contribution in [0.3, 0.4) is 0 Å². The molecule has 0 aromatic heterocycles. The molecule has 1 rings (SSSR count). The van der Waals surface area contributed by atoms with Crippen molar-refractivity contribution in [1.82, 2.24) is 9.80 Å². The van der Waals surface area contributed by atoms with Crippen molar-refractivity contribution in [1.29, 1.82) is 0 Å². The van der Waals surface area contributed by atoms with Gasteiger partial charge in [0.25, 0.3) is 0 Å². The highest BCUT2D eigenvalue weighted by atomic mass is 15.3. The van der Waals surface area contributed by atoms with Gasteiger partial charge in [0.1, 0.15) is 0 Å². The van der Waals surface area contributed by atoms with Crippen molar-refractivity contribution in [2.24, 2.45) is 5.73 Å². The van der Waals surface area contributed by atoms with E-state index in [1.165, 1.54) is 26.2 Å². The lowest BCUT2D eigenvalue weighted by atomic mass is 10.2. The first-order valence-corrected chi connectivity index (χ1v) is 5.55. The Labute approximate surface area is 87.6 Å². The molecule has 2 N–H and O–H groups in total. The van der Waals surface area contributed by atoms with E-state index < -0.39 is 0 Å². The Bertz CT molecular complexity index is 169. The molecule has 0 aromatic rings. The molecule has 0 bridgehead atoms. The van der Waals surface area contributed by atoms with Gasteiger partial charge in [-0.15, -0.1) is 0 Å². The summed E-state index contributed by atoms with van der Waals surface area (Å²) in [5, 5.41) is 0. The van der Waals surface area contributed by atoms with E-state index in [-0.39, 0.29) is 0 Å². The minimum atomic E-state index is 0.659. The van der Waals surface area contributed by atoms with Crippen LogP contribution in [0.4, 0.5) is 0 Å². The summed E-state index contributed by atoms with van der Waals surface area (Å²) in [6, 6.07) is 0.691. The van der Waals surface area contributed by atoms with E-state index in [2.05, 4.69) is 29.7 Å². The molecule has 0 amide bonds. The van der Waals surface area contributed by atoms with Gasteiger partial charge in [-0.2, -0.15) is 0 Å². The minimum absolute atomic E-state index is 0.659. The Morgan fingerprint density at radius 3 is 2.29 bits per heavy atom. The summed E-state index contributed by atoms with van der Waals surface area (Å²) in [5.74, 6) is 0. The van der Waals surface area contributed by atoms with Gasteiger partial charge >= 0.3 is 0 Å². The third kappa shape index (κ3) is 3.78. The zero-order chi connectivity index (χ0) is 10.4. The fraction of sp³-hybridized carbons (Fsp3) is 0.818. The van der Waals surface area contributed by atoms with Crippen molar-refractivity contribution in [2.75, 3.05) is 39.3 Å². The molecule has 0 aliphatic carbocycles. The Hall–Kier alpha value is -0.380. The van der Waals surface area contributed by atoms with Gasteiger partial charge in [0.2, 0.25) is 0 Å². The molecule has 0 aromatic carbocycles. The largest absolute Gasteiger partial charge is 0.327 e. The normalized spacial score (nSPS) is 21.1.